The van der Waals surface area contributed by atoms with E-state index in [1.54, 1.807) is 28.9 Å². The second kappa shape index (κ2) is 8.69. The Balaban J connectivity index is 1.36. The monoisotopic (exact) mass is 427 g/mol. The number of carbonyl (C=O) groups excluding carboxylic acids is 4. The summed E-state index contributed by atoms with van der Waals surface area (Å²) in [7, 11) is 0. The lowest BCUT2D eigenvalue weighted by Gasteiger charge is -2.37. The third kappa shape index (κ3) is 4.43. The number of ether oxygens (including phenoxy) is 1. The van der Waals surface area contributed by atoms with Crippen LogP contribution in [0.5, 0.6) is 5.75 Å². The number of carbonyl (C=O) groups is 4. The number of ketones is 1. The Morgan fingerprint density at radius 1 is 1.13 bits per heavy atom. The minimum atomic E-state index is -0.706. The Kier molecular flexibility index (Phi) is 5.98. The first-order chi connectivity index (χ1) is 14.9. The third-order valence-electron chi connectivity index (χ3n) is 6.62. The van der Waals surface area contributed by atoms with Crippen LogP contribution in [0.25, 0.3) is 0 Å². The van der Waals surface area contributed by atoms with E-state index in [9.17, 15) is 19.2 Å². The maximum absolute atomic E-state index is 12.8. The molecule has 1 aromatic rings. The molecule has 8 nitrogen and oxygen atoms in total. The highest BCUT2D eigenvalue weighted by Crippen LogP contribution is 2.39. The quantitative estimate of drug-likeness (QED) is 0.769. The molecule has 3 heterocycles. The first-order valence-corrected chi connectivity index (χ1v) is 11.0. The second-order valence-electron chi connectivity index (χ2n) is 8.67. The zero-order chi connectivity index (χ0) is 22.0. The van der Waals surface area contributed by atoms with Gasteiger partial charge in [0.2, 0.25) is 17.7 Å². The number of Topliss-reactive ketones (excluding diaryl/α,β-unsaturated/α-hetero) is 1. The van der Waals surface area contributed by atoms with Gasteiger partial charge in [-0.1, -0.05) is 12.1 Å². The number of fused-ring (bicyclic) bond motifs is 1. The fourth-order valence-corrected chi connectivity index (χ4v) is 4.73. The molecule has 1 spiro atoms. The van der Waals surface area contributed by atoms with Gasteiger partial charge >= 0.3 is 0 Å². The number of rotatable bonds is 5. The van der Waals surface area contributed by atoms with Crippen LogP contribution in [0, 0.1) is 0 Å². The summed E-state index contributed by atoms with van der Waals surface area (Å²) in [6.45, 7) is 3.67. The first kappa shape index (κ1) is 21.3. The van der Waals surface area contributed by atoms with Crippen molar-refractivity contribution < 1.29 is 23.9 Å². The van der Waals surface area contributed by atoms with E-state index in [0.29, 0.717) is 50.2 Å². The summed E-state index contributed by atoms with van der Waals surface area (Å²) in [5.74, 6) is 0.386. The van der Waals surface area contributed by atoms with Crippen molar-refractivity contribution in [2.24, 2.45) is 0 Å². The Bertz CT molecular complexity index is 901. The Labute approximate surface area is 181 Å². The molecule has 0 saturated carbocycles. The summed E-state index contributed by atoms with van der Waals surface area (Å²) < 4.78 is 6.24. The Morgan fingerprint density at radius 3 is 2.71 bits per heavy atom. The maximum atomic E-state index is 12.8. The standard InChI is InChI=1S/C23H29N3O5/c1-16(22(30)24-11-14-25-12-4-7-20(25)28)26-13-10-23(9-8-21(26)29)15-18(27)17-5-2-3-6-19(17)31-23/h2-3,5-6,16H,4,7-15H2,1H3,(H,24,30)/t16-,23+/m0/s1. The molecular weight excluding hydrogens is 398 g/mol. The molecule has 0 bridgehead atoms. The Morgan fingerprint density at radius 2 is 1.94 bits per heavy atom. The van der Waals surface area contributed by atoms with Gasteiger partial charge in [0.05, 0.1) is 12.0 Å². The summed E-state index contributed by atoms with van der Waals surface area (Å²) >= 11 is 0. The highest BCUT2D eigenvalue weighted by molar-refractivity contribution is 6.00. The van der Waals surface area contributed by atoms with Crippen LogP contribution in [0.3, 0.4) is 0 Å². The lowest BCUT2D eigenvalue weighted by Crippen LogP contribution is -2.49. The molecule has 0 radical (unpaired) electrons. The number of benzene rings is 1. The van der Waals surface area contributed by atoms with E-state index in [1.807, 2.05) is 12.1 Å². The molecule has 1 N–H and O–H groups in total. The average Bonchev–Trinajstić information content (AvgIpc) is 3.10. The summed E-state index contributed by atoms with van der Waals surface area (Å²) in [5.41, 5.74) is -0.118. The number of likely N-dealkylation sites (tertiary alicyclic amines) is 2. The minimum absolute atomic E-state index is 0.0324. The van der Waals surface area contributed by atoms with Gasteiger partial charge in [-0.2, -0.15) is 0 Å². The molecular formula is C23H29N3O5. The Hall–Kier alpha value is -2.90. The number of hydrogen-bond donors (Lipinski definition) is 1. The van der Waals surface area contributed by atoms with Crippen LogP contribution in [-0.2, 0) is 14.4 Å². The van der Waals surface area contributed by atoms with Gasteiger partial charge in [-0.05, 0) is 31.9 Å². The van der Waals surface area contributed by atoms with Gasteiger partial charge in [0.1, 0.15) is 17.4 Å². The normalized spacial score (nSPS) is 24.6. The molecule has 0 aliphatic carbocycles. The number of hydrogen-bond acceptors (Lipinski definition) is 5. The van der Waals surface area contributed by atoms with Crippen LogP contribution in [-0.4, -0.2) is 71.1 Å². The number of nitrogens with zero attached hydrogens (tertiary/aromatic N) is 2. The van der Waals surface area contributed by atoms with Crippen molar-refractivity contribution in [3.63, 3.8) is 0 Å². The highest BCUT2D eigenvalue weighted by atomic mass is 16.5. The molecule has 0 aromatic heterocycles. The van der Waals surface area contributed by atoms with Crippen molar-refractivity contribution in [3.05, 3.63) is 29.8 Å². The topological polar surface area (TPSA) is 96.0 Å². The van der Waals surface area contributed by atoms with Gasteiger partial charge in [0.25, 0.3) is 0 Å². The van der Waals surface area contributed by atoms with Crippen LogP contribution in [0.4, 0.5) is 0 Å². The zero-order valence-electron chi connectivity index (χ0n) is 17.9. The molecule has 8 heteroatoms. The second-order valence-corrected chi connectivity index (χ2v) is 8.67. The summed E-state index contributed by atoms with van der Waals surface area (Å²) in [4.78, 5) is 53.1. The molecule has 3 amide bonds. The third-order valence-corrected chi connectivity index (χ3v) is 6.62. The van der Waals surface area contributed by atoms with E-state index >= 15 is 0 Å². The fraction of sp³-hybridized carbons (Fsp3) is 0.565. The van der Waals surface area contributed by atoms with Crippen molar-refractivity contribution in [3.8, 4) is 5.75 Å². The van der Waals surface area contributed by atoms with Gasteiger partial charge in [0, 0.05) is 45.4 Å². The van der Waals surface area contributed by atoms with Gasteiger partial charge in [-0.3, -0.25) is 19.2 Å². The predicted octanol–water partition coefficient (Wildman–Crippen LogP) is 1.53. The number of para-hydroxylation sites is 1. The summed E-state index contributed by atoms with van der Waals surface area (Å²) in [6, 6.07) is 6.58. The molecule has 1 aromatic carbocycles. The number of nitrogens with one attached hydrogen (secondary N) is 1. The lowest BCUT2D eigenvalue weighted by atomic mass is 9.84. The molecule has 2 atom stereocenters. The molecule has 31 heavy (non-hydrogen) atoms. The average molecular weight is 428 g/mol. The van der Waals surface area contributed by atoms with E-state index in [2.05, 4.69) is 5.32 Å². The molecule has 0 unspecified atom stereocenters. The first-order valence-electron chi connectivity index (χ1n) is 11.0. The van der Waals surface area contributed by atoms with Crippen molar-refractivity contribution in [2.45, 2.75) is 57.1 Å². The lowest BCUT2D eigenvalue weighted by molar-refractivity contribution is -0.139. The zero-order valence-corrected chi connectivity index (χ0v) is 17.9. The molecule has 166 valence electrons. The molecule has 3 aliphatic heterocycles. The van der Waals surface area contributed by atoms with Crippen LogP contribution in [0.15, 0.2) is 24.3 Å². The van der Waals surface area contributed by atoms with Gasteiger partial charge in [-0.15, -0.1) is 0 Å². The molecule has 2 fully saturated rings. The van der Waals surface area contributed by atoms with Crippen LogP contribution >= 0.6 is 0 Å². The van der Waals surface area contributed by atoms with E-state index < -0.39 is 11.6 Å². The summed E-state index contributed by atoms with van der Waals surface area (Å²) in [6.07, 6.45) is 2.86. The highest BCUT2D eigenvalue weighted by Gasteiger charge is 2.44. The largest absolute Gasteiger partial charge is 0.486 e. The van der Waals surface area contributed by atoms with Crippen LogP contribution in [0.1, 0.15) is 55.8 Å². The van der Waals surface area contributed by atoms with E-state index in [1.165, 1.54) is 0 Å². The van der Waals surface area contributed by atoms with Crippen molar-refractivity contribution in [1.82, 2.24) is 15.1 Å². The van der Waals surface area contributed by atoms with E-state index in [4.69, 9.17) is 4.74 Å². The molecule has 3 aliphatic rings. The van der Waals surface area contributed by atoms with Crippen molar-refractivity contribution in [2.75, 3.05) is 26.2 Å². The van der Waals surface area contributed by atoms with Gasteiger partial charge < -0.3 is 19.9 Å². The van der Waals surface area contributed by atoms with E-state index in [-0.39, 0.29) is 36.3 Å². The fourth-order valence-electron chi connectivity index (χ4n) is 4.73. The van der Waals surface area contributed by atoms with Gasteiger partial charge in [0.15, 0.2) is 5.78 Å². The number of amides is 3. The van der Waals surface area contributed by atoms with Crippen LogP contribution < -0.4 is 10.1 Å². The van der Waals surface area contributed by atoms with Crippen LogP contribution in [0.2, 0.25) is 0 Å². The van der Waals surface area contributed by atoms with Crippen molar-refractivity contribution >= 4 is 23.5 Å². The molecule has 4 rings (SSSR count). The summed E-state index contributed by atoms with van der Waals surface area (Å²) in [5, 5.41) is 2.85. The molecule has 2 saturated heterocycles. The van der Waals surface area contributed by atoms with Gasteiger partial charge in [-0.25, -0.2) is 0 Å². The maximum Gasteiger partial charge on any atom is 0.242 e. The predicted molar refractivity (Wildman–Crippen MR) is 113 cm³/mol. The van der Waals surface area contributed by atoms with E-state index in [0.717, 1.165) is 13.0 Å². The van der Waals surface area contributed by atoms with Crippen molar-refractivity contribution in [1.29, 1.82) is 0 Å². The SMILES string of the molecule is C[C@@H](C(=O)NCCN1CCCC1=O)N1CC[C@]2(CCC1=O)CC(=O)c1ccccc1O2. The minimum Gasteiger partial charge on any atom is -0.486 e. The smallest absolute Gasteiger partial charge is 0.242 e.